The topological polar surface area (TPSA) is 108 Å². The first kappa shape index (κ1) is 18.6. The predicted octanol–water partition coefficient (Wildman–Crippen LogP) is 2.90. The average Bonchev–Trinajstić information content (AvgIpc) is 3.12. The fourth-order valence-electron chi connectivity index (χ4n) is 2.52. The lowest BCUT2D eigenvalue weighted by Crippen LogP contribution is -2.26. The number of aryl methyl sites for hydroxylation is 1. The van der Waals surface area contributed by atoms with Crippen LogP contribution >= 0.6 is 12.2 Å². The molecule has 0 spiro atoms. The van der Waals surface area contributed by atoms with Gasteiger partial charge in [0.1, 0.15) is 11.0 Å². The van der Waals surface area contributed by atoms with Crippen molar-refractivity contribution in [3.8, 4) is 23.0 Å². The Hall–Kier alpha value is -3.20. The maximum Gasteiger partial charge on any atom is 0.256 e. The SMILES string of the molecule is COc1cc(C(Nc2ccc(-c3noc(C)n3)cc2)C(N)=S)cnc1OC. The van der Waals surface area contributed by atoms with Crippen molar-refractivity contribution in [2.24, 2.45) is 5.73 Å². The smallest absolute Gasteiger partial charge is 0.256 e. The third-order valence-electron chi connectivity index (χ3n) is 3.85. The Morgan fingerprint density at radius 1 is 1.22 bits per heavy atom. The number of benzene rings is 1. The minimum atomic E-state index is -0.425. The van der Waals surface area contributed by atoms with Gasteiger partial charge < -0.3 is 25.0 Å². The van der Waals surface area contributed by atoms with Crippen molar-refractivity contribution in [1.29, 1.82) is 0 Å². The Kier molecular flexibility index (Phi) is 5.51. The van der Waals surface area contributed by atoms with Gasteiger partial charge in [-0.25, -0.2) is 4.98 Å². The normalized spacial score (nSPS) is 11.7. The highest BCUT2D eigenvalue weighted by Gasteiger charge is 2.18. The number of pyridine rings is 1. The molecule has 1 unspecified atom stereocenters. The molecule has 27 heavy (non-hydrogen) atoms. The van der Waals surface area contributed by atoms with E-state index in [0.29, 0.717) is 23.3 Å². The molecule has 140 valence electrons. The van der Waals surface area contributed by atoms with Crippen LogP contribution in [0.4, 0.5) is 5.69 Å². The minimum absolute atomic E-state index is 0.280. The highest BCUT2D eigenvalue weighted by atomic mass is 32.1. The van der Waals surface area contributed by atoms with Crippen molar-refractivity contribution in [2.45, 2.75) is 13.0 Å². The summed E-state index contributed by atoms with van der Waals surface area (Å²) in [5.41, 5.74) is 8.37. The summed E-state index contributed by atoms with van der Waals surface area (Å²) in [6, 6.07) is 8.91. The number of hydrogen-bond acceptors (Lipinski definition) is 8. The van der Waals surface area contributed by atoms with Crippen LogP contribution in [-0.4, -0.2) is 34.3 Å². The van der Waals surface area contributed by atoms with Crippen LogP contribution < -0.4 is 20.5 Å². The average molecular weight is 385 g/mol. The van der Waals surface area contributed by atoms with Crippen LogP contribution in [0, 0.1) is 6.92 Å². The van der Waals surface area contributed by atoms with Crippen LogP contribution in [0.5, 0.6) is 11.6 Å². The van der Waals surface area contributed by atoms with Crippen molar-refractivity contribution in [3.63, 3.8) is 0 Å². The summed E-state index contributed by atoms with van der Waals surface area (Å²) in [5.74, 6) is 1.94. The number of anilines is 1. The molecule has 3 rings (SSSR count). The van der Waals surface area contributed by atoms with Gasteiger partial charge in [0.15, 0.2) is 5.75 Å². The Labute approximate surface area is 161 Å². The number of methoxy groups -OCH3 is 2. The Morgan fingerprint density at radius 3 is 2.52 bits per heavy atom. The van der Waals surface area contributed by atoms with Gasteiger partial charge in [0, 0.05) is 29.9 Å². The Balaban J connectivity index is 1.83. The molecule has 9 heteroatoms. The van der Waals surface area contributed by atoms with Crippen molar-refractivity contribution < 1.29 is 14.0 Å². The van der Waals surface area contributed by atoms with E-state index in [4.69, 9.17) is 31.9 Å². The van der Waals surface area contributed by atoms with Gasteiger partial charge in [-0.1, -0.05) is 17.4 Å². The van der Waals surface area contributed by atoms with Crippen LogP contribution in [0.25, 0.3) is 11.4 Å². The van der Waals surface area contributed by atoms with E-state index in [1.54, 1.807) is 26.3 Å². The van der Waals surface area contributed by atoms with E-state index < -0.39 is 6.04 Å². The third-order valence-corrected chi connectivity index (χ3v) is 4.09. The van der Waals surface area contributed by atoms with Gasteiger partial charge >= 0.3 is 0 Å². The van der Waals surface area contributed by atoms with Crippen LogP contribution in [0.2, 0.25) is 0 Å². The third kappa shape index (κ3) is 4.14. The molecule has 2 aromatic heterocycles. The summed E-state index contributed by atoms with van der Waals surface area (Å²) in [6.45, 7) is 1.75. The van der Waals surface area contributed by atoms with E-state index in [2.05, 4.69) is 20.4 Å². The van der Waals surface area contributed by atoms with Crippen LogP contribution in [0.15, 0.2) is 41.1 Å². The number of thiocarbonyl (C=S) groups is 1. The number of nitrogens with two attached hydrogens (primary N) is 1. The first-order chi connectivity index (χ1) is 13.0. The molecule has 1 aromatic carbocycles. The predicted molar refractivity (Wildman–Crippen MR) is 105 cm³/mol. The van der Waals surface area contributed by atoms with Gasteiger partial charge in [-0.15, -0.1) is 0 Å². The zero-order chi connectivity index (χ0) is 19.4. The molecule has 1 atom stereocenters. The highest BCUT2D eigenvalue weighted by molar-refractivity contribution is 7.80. The number of nitrogens with zero attached hydrogens (tertiary/aromatic N) is 3. The molecule has 0 bridgehead atoms. The number of hydrogen-bond donors (Lipinski definition) is 2. The standard InChI is InChI=1S/C18H19N5O3S/c1-10-21-17(23-26-10)11-4-6-13(7-5-11)22-15(16(19)27)12-8-14(24-2)18(25-3)20-9-12/h4-9,15,22H,1-3H3,(H2,19,27). The second-order valence-corrected chi connectivity index (χ2v) is 6.15. The van der Waals surface area contributed by atoms with E-state index in [9.17, 15) is 0 Å². The fraction of sp³-hybridized carbons (Fsp3) is 0.222. The number of ether oxygens (including phenoxy) is 2. The maximum atomic E-state index is 5.94. The van der Waals surface area contributed by atoms with E-state index >= 15 is 0 Å². The van der Waals surface area contributed by atoms with E-state index in [0.717, 1.165) is 16.8 Å². The molecule has 0 saturated heterocycles. The maximum absolute atomic E-state index is 5.94. The van der Waals surface area contributed by atoms with E-state index in [-0.39, 0.29) is 4.99 Å². The van der Waals surface area contributed by atoms with Gasteiger partial charge in [-0.05, 0) is 30.3 Å². The molecule has 0 aliphatic rings. The molecule has 0 aliphatic carbocycles. The highest BCUT2D eigenvalue weighted by Crippen LogP contribution is 2.29. The molecule has 0 fully saturated rings. The quantitative estimate of drug-likeness (QED) is 0.593. The summed E-state index contributed by atoms with van der Waals surface area (Å²) in [4.78, 5) is 8.73. The summed E-state index contributed by atoms with van der Waals surface area (Å²) >= 11 is 5.23. The second-order valence-electron chi connectivity index (χ2n) is 5.67. The van der Waals surface area contributed by atoms with E-state index in [1.165, 1.54) is 7.11 Å². The summed E-state index contributed by atoms with van der Waals surface area (Å²) < 4.78 is 15.5. The van der Waals surface area contributed by atoms with Gasteiger partial charge in [0.05, 0.1) is 14.2 Å². The number of aromatic nitrogens is 3. The van der Waals surface area contributed by atoms with Gasteiger partial charge in [-0.2, -0.15) is 4.98 Å². The van der Waals surface area contributed by atoms with Crippen LogP contribution in [-0.2, 0) is 0 Å². The second kappa shape index (κ2) is 8.00. The largest absolute Gasteiger partial charge is 0.491 e. The molecule has 3 N–H and O–H groups in total. The van der Waals surface area contributed by atoms with Crippen LogP contribution in [0.1, 0.15) is 17.5 Å². The van der Waals surface area contributed by atoms with Gasteiger partial charge in [0.2, 0.25) is 11.7 Å². The van der Waals surface area contributed by atoms with Crippen LogP contribution in [0.3, 0.4) is 0 Å². The van der Waals surface area contributed by atoms with Crippen molar-refractivity contribution in [1.82, 2.24) is 15.1 Å². The monoisotopic (exact) mass is 385 g/mol. The molecular formula is C18H19N5O3S. The number of rotatable bonds is 7. The van der Waals surface area contributed by atoms with Crippen molar-refractivity contribution in [3.05, 3.63) is 48.0 Å². The Bertz CT molecular complexity index is 942. The molecule has 2 heterocycles. The molecule has 8 nitrogen and oxygen atoms in total. The molecule has 0 radical (unpaired) electrons. The molecule has 0 amide bonds. The molecule has 0 saturated carbocycles. The number of nitrogens with one attached hydrogen (secondary N) is 1. The lowest BCUT2D eigenvalue weighted by molar-refractivity contribution is 0.342. The lowest BCUT2D eigenvalue weighted by atomic mass is 10.1. The fourth-order valence-corrected chi connectivity index (χ4v) is 2.72. The summed E-state index contributed by atoms with van der Waals surface area (Å²) in [5, 5.41) is 7.21. The first-order valence-corrected chi connectivity index (χ1v) is 8.47. The zero-order valence-electron chi connectivity index (χ0n) is 15.1. The minimum Gasteiger partial charge on any atom is -0.491 e. The summed E-state index contributed by atoms with van der Waals surface area (Å²) in [7, 11) is 3.07. The van der Waals surface area contributed by atoms with Crippen molar-refractivity contribution >= 4 is 22.9 Å². The Morgan fingerprint density at radius 2 is 1.96 bits per heavy atom. The van der Waals surface area contributed by atoms with Gasteiger partial charge in [-0.3, -0.25) is 0 Å². The van der Waals surface area contributed by atoms with E-state index in [1.807, 2.05) is 24.3 Å². The molecule has 0 aliphatic heterocycles. The zero-order valence-corrected chi connectivity index (χ0v) is 15.9. The first-order valence-electron chi connectivity index (χ1n) is 8.06. The lowest BCUT2D eigenvalue weighted by Gasteiger charge is -2.20. The van der Waals surface area contributed by atoms with Gasteiger partial charge in [0.25, 0.3) is 5.88 Å². The summed E-state index contributed by atoms with van der Waals surface area (Å²) in [6.07, 6.45) is 1.65. The molecular weight excluding hydrogens is 366 g/mol. The van der Waals surface area contributed by atoms with Crippen molar-refractivity contribution in [2.75, 3.05) is 19.5 Å². The molecule has 3 aromatic rings.